The Morgan fingerprint density at radius 3 is 2.55 bits per heavy atom. The largest absolute Gasteiger partial charge is 0.395 e. The molecule has 0 radical (unpaired) electrons. The lowest BCUT2D eigenvalue weighted by atomic mass is 9.82. The summed E-state index contributed by atoms with van der Waals surface area (Å²) in [5.74, 6) is 0. The molecule has 1 aliphatic rings. The molecule has 0 bridgehead atoms. The van der Waals surface area contributed by atoms with E-state index in [1.807, 2.05) is 6.07 Å². The molecule has 1 atom stereocenters. The topological polar surface area (TPSA) is 32.3 Å². The predicted molar refractivity (Wildman–Crippen MR) is 81.7 cm³/mol. The van der Waals surface area contributed by atoms with Crippen LogP contribution >= 0.6 is 0 Å². The molecule has 3 rings (SSSR count). The summed E-state index contributed by atoms with van der Waals surface area (Å²) in [5.41, 5.74) is 3.89. The van der Waals surface area contributed by atoms with Gasteiger partial charge in [0.2, 0.25) is 0 Å². The van der Waals surface area contributed by atoms with E-state index in [0.29, 0.717) is 0 Å². The predicted octanol–water partition coefficient (Wildman–Crippen LogP) is 2.65. The standard InChI is InChI=1S/C18H21NO/c20-14-18(11-10-16-8-4-5-9-17(16)18)13-19-12-15-6-2-1-3-7-15/h1-9,19-20H,10-14H2. The van der Waals surface area contributed by atoms with Crippen molar-refractivity contribution in [1.29, 1.82) is 0 Å². The molecule has 20 heavy (non-hydrogen) atoms. The van der Waals surface area contributed by atoms with Crippen molar-refractivity contribution in [1.82, 2.24) is 5.32 Å². The second-order valence-corrected chi connectivity index (χ2v) is 5.68. The fourth-order valence-electron chi connectivity index (χ4n) is 3.21. The maximum absolute atomic E-state index is 9.92. The van der Waals surface area contributed by atoms with Crippen LogP contribution in [0.15, 0.2) is 54.6 Å². The van der Waals surface area contributed by atoms with Gasteiger partial charge in [-0.25, -0.2) is 0 Å². The normalized spacial score (nSPS) is 20.9. The molecule has 2 nitrogen and oxygen atoms in total. The van der Waals surface area contributed by atoms with E-state index >= 15 is 0 Å². The number of aliphatic hydroxyl groups is 1. The van der Waals surface area contributed by atoms with Gasteiger partial charge in [0.05, 0.1) is 6.61 Å². The van der Waals surface area contributed by atoms with E-state index in [0.717, 1.165) is 25.9 Å². The summed E-state index contributed by atoms with van der Waals surface area (Å²) in [5, 5.41) is 13.4. The van der Waals surface area contributed by atoms with Crippen LogP contribution in [0.25, 0.3) is 0 Å². The van der Waals surface area contributed by atoms with Gasteiger partial charge in [-0.2, -0.15) is 0 Å². The van der Waals surface area contributed by atoms with Gasteiger partial charge in [0, 0.05) is 18.5 Å². The third-order valence-electron chi connectivity index (χ3n) is 4.40. The van der Waals surface area contributed by atoms with Crippen LogP contribution in [0.5, 0.6) is 0 Å². The highest BCUT2D eigenvalue weighted by Crippen LogP contribution is 2.38. The second kappa shape index (κ2) is 5.78. The number of hydrogen-bond donors (Lipinski definition) is 2. The number of hydrogen-bond acceptors (Lipinski definition) is 2. The van der Waals surface area contributed by atoms with Gasteiger partial charge in [0.1, 0.15) is 0 Å². The molecule has 2 aromatic carbocycles. The quantitative estimate of drug-likeness (QED) is 0.873. The SMILES string of the molecule is OCC1(CNCc2ccccc2)CCc2ccccc21. The smallest absolute Gasteiger partial charge is 0.0540 e. The van der Waals surface area contributed by atoms with Crippen LogP contribution in [0.3, 0.4) is 0 Å². The van der Waals surface area contributed by atoms with Crippen molar-refractivity contribution >= 4 is 0 Å². The number of aliphatic hydroxyl groups excluding tert-OH is 1. The molecular formula is C18H21NO. The molecular weight excluding hydrogens is 246 g/mol. The Morgan fingerprint density at radius 2 is 1.75 bits per heavy atom. The fourth-order valence-corrected chi connectivity index (χ4v) is 3.21. The highest BCUT2D eigenvalue weighted by molar-refractivity contribution is 5.40. The molecule has 104 valence electrons. The van der Waals surface area contributed by atoms with E-state index < -0.39 is 0 Å². The van der Waals surface area contributed by atoms with E-state index in [4.69, 9.17) is 0 Å². The van der Waals surface area contributed by atoms with E-state index in [-0.39, 0.29) is 12.0 Å². The average molecular weight is 267 g/mol. The number of fused-ring (bicyclic) bond motifs is 1. The number of aryl methyl sites for hydroxylation is 1. The Bertz CT molecular complexity index is 567. The number of nitrogens with one attached hydrogen (secondary N) is 1. The van der Waals surface area contributed by atoms with Gasteiger partial charge in [0.25, 0.3) is 0 Å². The molecule has 0 amide bonds. The monoisotopic (exact) mass is 267 g/mol. The molecule has 2 heteroatoms. The van der Waals surface area contributed by atoms with Crippen LogP contribution in [0.1, 0.15) is 23.1 Å². The maximum Gasteiger partial charge on any atom is 0.0540 e. The summed E-state index contributed by atoms with van der Waals surface area (Å²) in [6.07, 6.45) is 2.11. The summed E-state index contributed by atoms with van der Waals surface area (Å²) < 4.78 is 0. The van der Waals surface area contributed by atoms with Gasteiger partial charge in [-0.15, -0.1) is 0 Å². The van der Waals surface area contributed by atoms with Gasteiger partial charge in [0.15, 0.2) is 0 Å². The van der Waals surface area contributed by atoms with E-state index in [1.165, 1.54) is 16.7 Å². The highest BCUT2D eigenvalue weighted by atomic mass is 16.3. The summed E-state index contributed by atoms with van der Waals surface area (Å²) in [7, 11) is 0. The summed E-state index contributed by atoms with van der Waals surface area (Å²) in [4.78, 5) is 0. The minimum Gasteiger partial charge on any atom is -0.395 e. The Hall–Kier alpha value is -1.64. The zero-order valence-corrected chi connectivity index (χ0v) is 11.7. The third-order valence-corrected chi connectivity index (χ3v) is 4.40. The summed E-state index contributed by atoms with van der Waals surface area (Å²) in [6, 6.07) is 18.9. The molecule has 0 spiro atoms. The van der Waals surface area contributed by atoms with E-state index in [2.05, 4.69) is 53.8 Å². The molecule has 0 aliphatic heterocycles. The van der Waals surface area contributed by atoms with Crippen molar-refractivity contribution < 1.29 is 5.11 Å². The van der Waals surface area contributed by atoms with Crippen molar-refractivity contribution in [2.75, 3.05) is 13.2 Å². The summed E-state index contributed by atoms with van der Waals surface area (Å²) in [6.45, 7) is 1.89. The zero-order valence-electron chi connectivity index (χ0n) is 11.7. The van der Waals surface area contributed by atoms with Crippen molar-refractivity contribution in [2.45, 2.75) is 24.8 Å². The van der Waals surface area contributed by atoms with Crippen LogP contribution in [0, 0.1) is 0 Å². The van der Waals surface area contributed by atoms with Gasteiger partial charge in [-0.1, -0.05) is 54.6 Å². The first-order chi connectivity index (χ1) is 9.84. The highest BCUT2D eigenvalue weighted by Gasteiger charge is 2.37. The van der Waals surface area contributed by atoms with Crippen LogP contribution in [-0.4, -0.2) is 18.3 Å². The minimum absolute atomic E-state index is 0.106. The first-order valence-corrected chi connectivity index (χ1v) is 7.28. The molecule has 2 aromatic rings. The Kier molecular flexibility index (Phi) is 3.86. The van der Waals surface area contributed by atoms with Crippen LogP contribution in [0.4, 0.5) is 0 Å². The summed E-state index contributed by atoms with van der Waals surface area (Å²) >= 11 is 0. The lowest BCUT2D eigenvalue weighted by Crippen LogP contribution is -2.39. The van der Waals surface area contributed by atoms with Crippen molar-refractivity contribution in [2.24, 2.45) is 0 Å². The first kappa shape index (κ1) is 13.3. The second-order valence-electron chi connectivity index (χ2n) is 5.68. The maximum atomic E-state index is 9.92. The first-order valence-electron chi connectivity index (χ1n) is 7.28. The van der Waals surface area contributed by atoms with Crippen molar-refractivity contribution in [3.05, 3.63) is 71.3 Å². The van der Waals surface area contributed by atoms with Crippen LogP contribution in [0.2, 0.25) is 0 Å². The lowest BCUT2D eigenvalue weighted by molar-refractivity contribution is 0.188. The Balaban J connectivity index is 1.69. The Labute approximate surface area is 120 Å². The number of rotatable bonds is 5. The fraction of sp³-hybridized carbons (Fsp3) is 0.333. The molecule has 1 unspecified atom stereocenters. The molecule has 0 aromatic heterocycles. The number of benzene rings is 2. The van der Waals surface area contributed by atoms with Gasteiger partial charge in [-0.05, 0) is 29.5 Å². The van der Waals surface area contributed by atoms with Crippen molar-refractivity contribution in [3.8, 4) is 0 Å². The van der Waals surface area contributed by atoms with Gasteiger partial charge >= 0.3 is 0 Å². The van der Waals surface area contributed by atoms with Gasteiger partial charge < -0.3 is 10.4 Å². The molecule has 2 N–H and O–H groups in total. The average Bonchev–Trinajstić information content (AvgIpc) is 2.88. The zero-order chi connectivity index (χ0) is 13.8. The van der Waals surface area contributed by atoms with E-state index in [9.17, 15) is 5.11 Å². The molecule has 0 saturated carbocycles. The van der Waals surface area contributed by atoms with E-state index in [1.54, 1.807) is 0 Å². The van der Waals surface area contributed by atoms with Crippen molar-refractivity contribution in [3.63, 3.8) is 0 Å². The molecule has 1 aliphatic carbocycles. The third kappa shape index (κ3) is 2.49. The minimum atomic E-state index is -0.106. The van der Waals surface area contributed by atoms with Crippen LogP contribution < -0.4 is 5.32 Å². The Morgan fingerprint density at radius 1 is 1.00 bits per heavy atom. The molecule has 0 fully saturated rings. The van der Waals surface area contributed by atoms with Gasteiger partial charge in [-0.3, -0.25) is 0 Å². The molecule has 0 saturated heterocycles. The lowest BCUT2D eigenvalue weighted by Gasteiger charge is -2.28. The van der Waals surface area contributed by atoms with Crippen LogP contribution in [-0.2, 0) is 18.4 Å². The molecule has 0 heterocycles.